The van der Waals surface area contributed by atoms with Crippen LogP contribution in [0.25, 0.3) is 0 Å². The molecule has 0 bridgehead atoms. The van der Waals surface area contributed by atoms with Gasteiger partial charge in [-0.05, 0) is 42.9 Å². The number of hydrogen-bond donors (Lipinski definition) is 5. The van der Waals surface area contributed by atoms with E-state index in [4.69, 9.17) is 4.74 Å². The quantitative estimate of drug-likeness (QED) is 0.189. The Morgan fingerprint density at radius 2 is 1.46 bits per heavy atom. The summed E-state index contributed by atoms with van der Waals surface area (Å²) in [5.41, 5.74) is 0.632. The number of rotatable bonds is 15. The molecule has 0 aromatic heterocycles. The minimum Gasteiger partial charge on any atom is -0.467 e. The van der Waals surface area contributed by atoms with E-state index in [0.29, 0.717) is 5.69 Å². The average Bonchev–Trinajstić information content (AvgIpc) is 2.91. The summed E-state index contributed by atoms with van der Waals surface area (Å²) in [4.78, 5) is 73.8. The molecule has 4 amide bonds. The SMILES string of the molecule is COC(=O)C(O)c1ccc(NC(=O)[C@H](C)NC(=O)[C@@H](NC(=O)[C@H](CCC(=O)OCC(C)C)NC(C)=O)C(C)C)cc1. The van der Waals surface area contributed by atoms with Gasteiger partial charge in [0.25, 0.3) is 0 Å². The lowest BCUT2D eigenvalue weighted by molar-refractivity contribution is -0.150. The number of hydrogen-bond acceptors (Lipinski definition) is 9. The van der Waals surface area contributed by atoms with E-state index in [1.165, 1.54) is 38.1 Å². The minimum atomic E-state index is -1.46. The van der Waals surface area contributed by atoms with Crippen molar-refractivity contribution in [3.63, 3.8) is 0 Å². The summed E-state index contributed by atoms with van der Waals surface area (Å²) in [5.74, 6) is -3.87. The third-order valence-corrected chi connectivity index (χ3v) is 5.83. The summed E-state index contributed by atoms with van der Waals surface area (Å²) in [5, 5.41) is 20.2. The second-order valence-corrected chi connectivity index (χ2v) is 10.4. The zero-order valence-electron chi connectivity index (χ0n) is 24.6. The number of ether oxygens (including phenoxy) is 2. The Kier molecular flexibility index (Phi) is 14.5. The van der Waals surface area contributed by atoms with Gasteiger partial charge >= 0.3 is 11.9 Å². The smallest absolute Gasteiger partial charge is 0.339 e. The van der Waals surface area contributed by atoms with E-state index in [2.05, 4.69) is 26.0 Å². The van der Waals surface area contributed by atoms with Gasteiger partial charge in [0.05, 0.1) is 13.7 Å². The number of carbonyl (C=O) groups excluding carboxylic acids is 6. The van der Waals surface area contributed by atoms with Crippen LogP contribution in [0.2, 0.25) is 0 Å². The molecular formula is C28H42N4O9. The monoisotopic (exact) mass is 578 g/mol. The van der Waals surface area contributed by atoms with Crippen molar-refractivity contribution < 1.29 is 43.3 Å². The van der Waals surface area contributed by atoms with Gasteiger partial charge in [0.2, 0.25) is 23.6 Å². The molecule has 0 saturated heterocycles. The van der Waals surface area contributed by atoms with Crippen LogP contribution in [0.3, 0.4) is 0 Å². The van der Waals surface area contributed by atoms with E-state index in [1.54, 1.807) is 13.8 Å². The number of esters is 2. The maximum absolute atomic E-state index is 13.0. The molecule has 0 aliphatic rings. The molecule has 41 heavy (non-hydrogen) atoms. The van der Waals surface area contributed by atoms with Crippen molar-refractivity contribution in [3.05, 3.63) is 29.8 Å². The van der Waals surface area contributed by atoms with Crippen LogP contribution >= 0.6 is 0 Å². The van der Waals surface area contributed by atoms with Crippen molar-refractivity contribution in [1.29, 1.82) is 0 Å². The van der Waals surface area contributed by atoms with Gasteiger partial charge in [0, 0.05) is 19.0 Å². The van der Waals surface area contributed by atoms with E-state index in [-0.39, 0.29) is 36.8 Å². The number of nitrogens with one attached hydrogen (secondary N) is 4. The molecule has 0 spiro atoms. The zero-order chi connectivity index (χ0) is 31.3. The lowest BCUT2D eigenvalue weighted by Gasteiger charge is -2.26. The van der Waals surface area contributed by atoms with Gasteiger partial charge in [0.15, 0.2) is 6.10 Å². The Balaban J connectivity index is 2.81. The van der Waals surface area contributed by atoms with Crippen LogP contribution in [0, 0.1) is 11.8 Å². The number of aliphatic hydroxyl groups is 1. The lowest BCUT2D eigenvalue weighted by atomic mass is 10.0. The molecule has 1 unspecified atom stereocenters. The average molecular weight is 579 g/mol. The molecule has 0 aliphatic heterocycles. The topological polar surface area (TPSA) is 189 Å². The second-order valence-electron chi connectivity index (χ2n) is 10.4. The summed E-state index contributed by atoms with van der Waals surface area (Å²) >= 11 is 0. The van der Waals surface area contributed by atoms with Gasteiger partial charge in [-0.3, -0.25) is 24.0 Å². The van der Waals surface area contributed by atoms with E-state index in [0.717, 1.165) is 7.11 Å². The van der Waals surface area contributed by atoms with Gasteiger partial charge in [-0.2, -0.15) is 0 Å². The Bertz CT molecular complexity index is 1070. The Morgan fingerprint density at radius 1 is 0.854 bits per heavy atom. The largest absolute Gasteiger partial charge is 0.467 e. The number of anilines is 1. The van der Waals surface area contributed by atoms with Crippen LogP contribution in [0.15, 0.2) is 24.3 Å². The van der Waals surface area contributed by atoms with Gasteiger partial charge in [-0.25, -0.2) is 4.79 Å². The Morgan fingerprint density at radius 3 is 1.98 bits per heavy atom. The lowest BCUT2D eigenvalue weighted by Crippen LogP contribution is -2.57. The fraction of sp³-hybridized carbons (Fsp3) is 0.571. The summed E-state index contributed by atoms with van der Waals surface area (Å²) in [6.07, 6.45) is -1.60. The maximum Gasteiger partial charge on any atom is 0.339 e. The first-order valence-electron chi connectivity index (χ1n) is 13.4. The molecule has 228 valence electrons. The molecule has 1 aromatic carbocycles. The number of benzene rings is 1. The first kappa shape index (κ1) is 35.0. The summed E-state index contributed by atoms with van der Waals surface area (Å²) < 4.78 is 9.61. The fourth-order valence-corrected chi connectivity index (χ4v) is 3.51. The van der Waals surface area contributed by atoms with Crippen LogP contribution in [0.5, 0.6) is 0 Å². The highest BCUT2D eigenvalue weighted by Crippen LogP contribution is 2.17. The normalized spacial score (nSPS) is 13.8. The first-order chi connectivity index (χ1) is 19.2. The number of aliphatic hydroxyl groups excluding tert-OH is 1. The third kappa shape index (κ3) is 12.4. The van der Waals surface area contributed by atoms with E-state index < -0.39 is 59.8 Å². The molecule has 13 heteroatoms. The molecule has 5 N–H and O–H groups in total. The van der Waals surface area contributed by atoms with Crippen molar-refractivity contribution in [1.82, 2.24) is 16.0 Å². The van der Waals surface area contributed by atoms with E-state index in [9.17, 15) is 33.9 Å². The minimum absolute atomic E-state index is 0.0248. The maximum atomic E-state index is 13.0. The predicted molar refractivity (Wildman–Crippen MR) is 149 cm³/mol. The number of methoxy groups -OCH3 is 1. The zero-order valence-corrected chi connectivity index (χ0v) is 24.6. The van der Waals surface area contributed by atoms with Gasteiger partial charge in [-0.1, -0.05) is 39.8 Å². The molecule has 13 nitrogen and oxygen atoms in total. The number of amides is 4. The Labute approximate surface area is 240 Å². The first-order valence-corrected chi connectivity index (χ1v) is 13.4. The van der Waals surface area contributed by atoms with Gasteiger partial charge < -0.3 is 35.8 Å². The van der Waals surface area contributed by atoms with Crippen molar-refractivity contribution >= 4 is 41.3 Å². The summed E-state index contributed by atoms with van der Waals surface area (Å²) in [7, 11) is 1.15. The van der Waals surface area contributed by atoms with E-state index >= 15 is 0 Å². The Hall–Kier alpha value is -4.00. The van der Waals surface area contributed by atoms with Crippen LogP contribution in [0.4, 0.5) is 5.69 Å². The van der Waals surface area contributed by atoms with Crippen LogP contribution < -0.4 is 21.3 Å². The van der Waals surface area contributed by atoms with Crippen molar-refractivity contribution in [2.24, 2.45) is 11.8 Å². The van der Waals surface area contributed by atoms with Crippen LogP contribution in [-0.2, 0) is 38.2 Å². The number of carbonyl (C=O) groups is 6. The highest BCUT2D eigenvalue weighted by molar-refractivity contribution is 5.98. The summed E-state index contributed by atoms with van der Waals surface area (Å²) in [6.45, 7) is 10.1. The van der Waals surface area contributed by atoms with Gasteiger partial charge in [0.1, 0.15) is 18.1 Å². The van der Waals surface area contributed by atoms with Crippen molar-refractivity contribution in [2.45, 2.75) is 78.6 Å². The molecular weight excluding hydrogens is 536 g/mol. The predicted octanol–water partition coefficient (Wildman–Crippen LogP) is 0.961. The molecule has 4 atom stereocenters. The standard InChI is InChI=1S/C28H42N4O9/c1-15(2)14-41-22(34)13-12-21(30-18(6)33)26(37)32-23(16(3)4)27(38)29-17(5)25(36)31-20-10-8-19(9-11-20)24(35)28(39)40-7/h8-11,15-17,21,23-24,35H,12-14H2,1-7H3,(H,29,38)(H,30,33)(H,31,36)(H,32,37)/t17-,21-,23-,24?/m0/s1. The molecule has 0 saturated carbocycles. The van der Waals surface area contributed by atoms with Crippen LogP contribution in [0.1, 0.15) is 66.1 Å². The van der Waals surface area contributed by atoms with Crippen LogP contribution in [-0.4, -0.2) is 72.5 Å². The molecule has 0 radical (unpaired) electrons. The highest BCUT2D eigenvalue weighted by atomic mass is 16.5. The highest BCUT2D eigenvalue weighted by Gasteiger charge is 2.30. The second kappa shape index (κ2) is 17.0. The molecule has 1 rings (SSSR count). The molecule has 0 heterocycles. The summed E-state index contributed by atoms with van der Waals surface area (Å²) in [6, 6.07) is 2.73. The van der Waals surface area contributed by atoms with E-state index in [1.807, 2.05) is 13.8 Å². The molecule has 0 aliphatic carbocycles. The van der Waals surface area contributed by atoms with Gasteiger partial charge in [-0.15, -0.1) is 0 Å². The third-order valence-electron chi connectivity index (χ3n) is 5.83. The molecule has 1 aromatic rings. The van der Waals surface area contributed by atoms with Crippen molar-refractivity contribution in [3.8, 4) is 0 Å². The van der Waals surface area contributed by atoms with Crippen molar-refractivity contribution in [2.75, 3.05) is 19.0 Å². The molecule has 0 fully saturated rings. The fourth-order valence-electron chi connectivity index (χ4n) is 3.51.